The van der Waals surface area contributed by atoms with Crippen LogP contribution in [0.15, 0.2) is 12.5 Å². The van der Waals surface area contributed by atoms with E-state index < -0.39 is 5.91 Å². The highest BCUT2D eigenvalue weighted by atomic mass is 32.2. The first-order chi connectivity index (χ1) is 7.20. The number of ether oxygens (including phenoxy) is 1. The Labute approximate surface area is 90.4 Å². The summed E-state index contributed by atoms with van der Waals surface area (Å²) < 4.78 is 7.16. The van der Waals surface area contributed by atoms with Gasteiger partial charge in [-0.3, -0.25) is 4.79 Å². The van der Waals surface area contributed by atoms with Gasteiger partial charge in [0.25, 0.3) is 5.91 Å². The van der Waals surface area contributed by atoms with E-state index in [0.717, 1.165) is 5.75 Å². The van der Waals surface area contributed by atoms with Crippen LogP contribution >= 0.6 is 11.8 Å². The molecule has 0 spiro atoms. The first kappa shape index (κ1) is 10.5. The number of carbonyl (C=O) groups excluding carboxylic acids is 1. The summed E-state index contributed by atoms with van der Waals surface area (Å²) in [7, 11) is 0. The minimum absolute atomic E-state index is 0.0153. The molecule has 6 nitrogen and oxygen atoms in total. The smallest absolute Gasteiger partial charge is 0.268 e. The topological polar surface area (TPSA) is 90.4 Å². The Bertz CT molecular complexity index is 368. The maximum absolute atomic E-state index is 10.8. The molecule has 0 aromatic carbocycles. The maximum atomic E-state index is 10.8. The third kappa shape index (κ3) is 2.14. The summed E-state index contributed by atoms with van der Waals surface area (Å²) in [5, 5.41) is 8.88. The molecule has 7 heteroatoms. The number of imidazole rings is 1. The summed E-state index contributed by atoms with van der Waals surface area (Å²) in [6, 6.07) is 0. The van der Waals surface area contributed by atoms with Crippen molar-refractivity contribution in [1.82, 2.24) is 9.55 Å². The highest BCUT2D eigenvalue weighted by Gasteiger charge is 2.26. The molecule has 1 aliphatic heterocycles. The predicted octanol–water partition coefficient (Wildman–Crippen LogP) is -0.438. The third-order valence-corrected chi connectivity index (χ3v) is 3.18. The second kappa shape index (κ2) is 4.21. The number of thioether (sulfide) groups is 1. The molecule has 3 N–H and O–H groups in total. The minimum Gasteiger partial charge on any atom is -0.393 e. The number of hydrogen-bond donors (Lipinski definition) is 2. The van der Waals surface area contributed by atoms with Crippen molar-refractivity contribution in [2.45, 2.75) is 11.7 Å². The number of primary amides is 1. The van der Waals surface area contributed by atoms with Crippen molar-refractivity contribution >= 4 is 17.7 Å². The van der Waals surface area contributed by atoms with Crippen molar-refractivity contribution < 1.29 is 14.6 Å². The number of nitrogens with two attached hydrogens (primary N) is 1. The zero-order valence-corrected chi connectivity index (χ0v) is 8.68. The monoisotopic (exact) mass is 229 g/mol. The van der Waals surface area contributed by atoms with E-state index in [2.05, 4.69) is 4.98 Å². The molecular weight excluding hydrogens is 218 g/mol. The van der Waals surface area contributed by atoms with Crippen LogP contribution in [-0.4, -0.2) is 38.4 Å². The van der Waals surface area contributed by atoms with E-state index in [4.69, 9.17) is 15.6 Å². The number of aliphatic hydroxyl groups excluding tert-OH is 1. The van der Waals surface area contributed by atoms with Crippen molar-refractivity contribution in [3.63, 3.8) is 0 Å². The lowest BCUT2D eigenvalue weighted by Crippen LogP contribution is -2.14. The van der Waals surface area contributed by atoms with Crippen molar-refractivity contribution in [3.8, 4) is 0 Å². The van der Waals surface area contributed by atoms with Crippen LogP contribution in [0, 0.1) is 0 Å². The first-order valence-corrected chi connectivity index (χ1v) is 5.47. The molecule has 1 fully saturated rings. The van der Waals surface area contributed by atoms with Gasteiger partial charge < -0.3 is 20.1 Å². The highest BCUT2D eigenvalue weighted by Crippen LogP contribution is 2.31. The summed E-state index contributed by atoms with van der Waals surface area (Å²) in [5.41, 5.74) is 5.10. The Morgan fingerprint density at radius 2 is 2.67 bits per heavy atom. The zero-order chi connectivity index (χ0) is 10.8. The van der Waals surface area contributed by atoms with Crippen LogP contribution < -0.4 is 5.73 Å². The van der Waals surface area contributed by atoms with E-state index >= 15 is 0 Å². The van der Waals surface area contributed by atoms with E-state index in [1.807, 2.05) is 0 Å². The normalized spacial score (nSPS) is 25.7. The van der Waals surface area contributed by atoms with Crippen LogP contribution in [0.2, 0.25) is 0 Å². The molecule has 2 heterocycles. The second-order valence-electron chi connectivity index (χ2n) is 3.11. The van der Waals surface area contributed by atoms with Crippen LogP contribution in [-0.2, 0) is 4.74 Å². The average molecular weight is 229 g/mol. The van der Waals surface area contributed by atoms with E-state index in [0.29, 0.717) is 0 Å². The Balaban J connectivity index is 2.07. The van der Waals surface area contributed by atoms with Crippen molar-refractivity contribution in [3.05, 3.63) is 18.2 Å². The van der Waals surface area contributed by atoms with Gasteiger partial charge in [0.05, 0.1) is 12.9 Å². The van der Waals surface area contributed by atoms with E-state index in [9.17, 15) is 4.79 Å². The molecule has 1 saturated heterocycles. The number of nitrogens with zero attached hydrogens (tertiary/aromatic N) is 2. The Morgan fingerprint density at radius 3 is 3.20 bits per heavy atom. The Kier molecular flexibility index (Phi) is 2.94. The van der Waals surface area contributed by atoms with Crippen molar-refractivity contribution in [2.75, 3.05) is 12.4 Å². The molecule has 1 aromatic heterocycles. The SMILES string of the molecule is NC(=O)c1cn([C@@H]2CS[C@H](CO)O2)cn1. The summed E-state index contributed by atoms with van der Waals surface area (Å²) >= 11 is 1.53. The Morgan fingerprint density at radius 1 is 1.87 bits per heavy atom. The maximum Gasteiger partial charge on any atom is 0.268 e. The third-order valence-electron chi connectivity index (χ3n) is 2.07. The zero-order valence-electron chi connectivity index (χ0n) is 7.87. The minimum atomic E-state index is -0.557. The van der Waals surface area contributed by atoms with Gasteiger partial charge in [-0.2, -0.15) is 0 Å². The van der Waals surface area contributed by atoms with E-state index in [1.54, 1.807) is 10.8 Å². The molecular formula is C8H11N3O3S. The number of carbonyl (C=O) groups is 1. The second-order valence-corrected chi connectivity index (χ2v) is 4.30. The first-order valence-electron chi connectivity index (χ1n) is 4.42. The van der Waals surface area contributed by atoms with Gasteiger partial charge in [0, 0.05) is 11.9 Å². The summed E-state index contributed by atoms with van der Waals surface area (Å²) in [5.74, 6) is 0.165. The fraction of sp³-hybridized carbons (Fsp3) is 0.500. The van der Waals surface area contributed by atoms with Crippen LogP contribution in [0.25, 0.3) is 0 Å². The van der Waals surface area contributed by atoms with E-state index in [-0.39, 0.29) is 24.0 Å². The molecule has 82 valence electrons. The van der Waals surface area contributed by atoms with Gasteiger partial charge in [-0.1, -0.05) is 0 Å². The lowest BCUT2D eigenvalue weighted by atomic mass is 10.4. The molecule has 1 amide bonds. The van der Waals surface area contributed by atoms with Gasteiger partial charge in [0.2, 0.25) is 0 Å². The van der Waals surface area contributed by atoms with Crippen LogP contribution in [0.5, 0.6) is 0 Å². The fourth-order valence-electron chi connectivity index (χ4n) is 1.32. The van der Waals surface area contributed by atoms with E-state index in [1.165, 1.54) is 18.1 Å². The van der Waals surface area contributed by atoms with Gasteiger partial charge in [-0.15, -0.1) is 11.8 Å². The van der Waals surface area contributed by atoms with Crippen molar-refractivity contribution in [2.24, 2.45) is 5.73 Å². The van der Waals surface area contributed by atoms with Gasteiger partial charge >= 0.3 is 0 Å². The predicted molar refractivity (Wildman–Crippen MR) is 54.2 cm³/mol. The lowest BCUT2D eigenvalue weighted by Gasteiger charge is -2.11. The van der Waals surface area contributed by atoms with Crippen LogP contribution in [0.3, 0.4) is 0 Å². The number of hydrogen-bond acceptors (Lipinski definition) is 5. The molecule has 1 aromatic rings. The summed E-state index contributed by atoms with van der Waals surface area (Å²) in [6.07, 6.45) is 2.87. The molecule has 0 radical (unpaired) electrons. The molecule has 15 heavy (non-hydrogen) atoms. The number of aromatic nitrogens is 2. The molecule has 1 aliphatic rings. The lowest BCUT2D eigenvalue weighted by molar-refractivity contribution is -0.00383. The highest BCUT2D eigenvalue weighted by molar-refractivity contribution is 8.00. The molecule has 2 rings (SSSR count). The fourth-order valence-corrected chi connectivity index (χ4v) is 2.26. The molecule has 0 aliphatic carbocycles. The van der Waals surface area contributed by atoms with Crippen LogP contribution in [0.4, 0.5) is 0 Å². The average Bonchev–Trinajstić information content (AvgIpc) is 2.86. The van der Waals surface area contributed by atoms with Crippen molar-refractivity contribution in [1.29, 1.82) is 0 Å². The number of amides is 1. The summed E-state index contributed by atoms with van der Waals surface area (Å²) in [6.45, 7) is -0.0153. The molecule has 0 unspecified atom stereocenters. The quantitative estimate of drug-likeness (QED) is 0.733. The molecule has 2 atom stereocenters. The Hall–Kier alpha value is -1.05. The molecule has 0 saturated carbocycles. The van der Waals surface area contributed by atoms with Gasteiger partial charge in [-0.05, 0) is 0 Å². The van der Waals surface area contributed by atoms with Gasteiger partial charge in [0.1, 0.15) is 17.4 Å². The van der Waals surface area contributed by atoms with Gasteiger partial charge in [0.15, 0.2) is 0 Å². The number of rotatable bonds is 3. The summed E-state index contributed by atoms with van der Waals surface area (Å²) in [4.78, 5) is 14.7. The molecule has 0 bridgehead atoms. The largest absolute Gasteiger partial charge is 0.393 e. The standard InChI is InChI=1S/C8H11N3O3S/c9-8(13)5-1-11(4-10-5)6-3-15-7(2-12)14-6/h1,4,6-7,12H,2-3H2,(H2,9,13)/t6-,7+/m0/s1. The van der Waals surface area contributed by atoms with Gasteiger partial charge in [-0.25, -0.2) is 4.98 Å². The number of aliphatic hydroxyl groups is 1. The van der Waals surface area contributed by atoms with Crippen LogP contribution in [0.1, 0.15) is 16.7 Å².